The Morgan fingerprint density at radius 2 is 1.66 bits per heavy atom. The van der Waals surface area contributed by atoms with Crippen molar-refractivity contribution < 1.29 is 41.8 Å². The molecule has 2 amide bonds. The van der Waals surface area contributed by atoms with Crippen LogP contribution >= 0.6 is 11.6 Å². The van der Waals surface area contributed by atoms with E-state index in [2.05, 4.69) is 42.3 Å². The third-order valence-corrected chi connectivity index (χ3v) is 9.84. The quantitative estimate of drug-likeness (QED) is 0.0755. The van der Waals surface area contributed by atoms with Crippen LogP contribution in [0.25, 0.3) is 0 Å². The van der Waals surface area contributed by atoms with Gasteiger partial charge in [-0.1, -0.05) is 48.0 Å². The van der Waals surface area contributed by atoms with E-state index in [1.165, 1.54) is 29.8 Å². The third kappa shape index (κ3) is 10.5. The van der Waals surface area contributed by atoms with Gasteiger partial charge in [0.25, 0.3) is 11.8 Å². The van der Waals surface area contributed by atoms with Crippen molar-refractivity contribution in [2.24, 2.45) is 0 Å². The fourth-order valence-electron chi connectivity index (χ4n) is 6.51. The Kier molecular flexibility index (Phi) is 12.4. The summed E-state index contributed by atoms with van der Waals surface area (Å²) in [5.41, 5.74) is 3.23. The van der Waals surface area contributed by atoms with E-state index in [1.807, 2.05) is 30.3 Å². The molecule has 17 heteroatoms. The molecule has 1 aromatic heterocycles. The van der Waals surface area contributed by atoms with Gasteiger partial charge in [-0.2, -0.15) is 28.1 Å². The number of esters is 1. The number of benzene rings is 3. The summed E-state index contributed by atoms with van der Waals surface area (Å²) in [6.07, 6.45) is -0.845. The summed E-state index contributed by atoms with van der Waals surface area (Å²) in [5.74, 6) is -3.01. The lowest BCUT2D eigenvalue weighted by Gasteiger charge is -2.25. The summed E-state index contributed by atoms with van der Waals surface area (Å²) in [7, 11) is 1.14. The average molecular weight is 794 g/mol. The zero-order chi connectivity index (χ0) is 39.9. The number of Topliss-reactive ketones (excluding diaryl/α,β-unsaturated/α-hetero) is 1. The summed E-state index contributed by atoms with van der Waals surface area (Å²) < 4.78 is 48.6. The first kappa shape index (κ1) is 39.9. The number of carbonyl (C=O) groups is 4. The summed E-state index contributed by atoms with van der Waals surface area (Å²) >= 11 is 6.04. The molecule has 0 bridgehead atoms. The maximum absolute atomic E-state index is 13.2. The van der Waals surface area contributed by atoms with E-state index in [0.717, 1.165) is 37.5 Å². The van der Waals surface area contributed by atoms with Gasteiger partial charge in [0.05, 0.1) is 12.6 Å². The van der Waals surface area contributed by atoms with Crippen LogP contribution < -0.4 is 26.0 Å². The number of aryl methyl sites for hydroxylation is 1. The van der Waals surface area contributed by atoms with Crippen LogP contribution in [0.1, 0.15) is 71.5 Å². The first-order chi connectivity index (χ1) is 26.8. The molecule has 4 N–H and O–H groups in total. The molecule has 2 aliphatic rings. The van der Waals surface area contributed by atoms with Crippen LogP contribution in [0.2, 0.25) is 5.02 Å². The number of aromatic nitrogens is 3. The van der Waals surface area contributed by atoms with Crippen molar-refractivity contribution in [2.75, 3.05) is 30.9 Å². The normalized spacial score (nSPS) is 16.1. The lowest BCUT2D eigenvalue weighted by Crippen LogP contribution is -2.42. The number of methoxy groups -OCH3 is 1. The average Bonchev–Trinajstić information content (AvgIpc) is 3.97. The van der Waals surface area contributed by atoms with Crippen LogP contribution in [-0.4, -0.2) is 71.0 Å². The van der Waals surface area contributed by atoms with Crippen molar-refractivity contribution in [3.05, 3.63) is 100 Å². The van der Waals surface area contributed by atoms with Crippen molar-refractivity contribution in [3.63, 3.8) is 0 Å². The van der Waals surface area contributed by atoms with E-state index < -0.39 is 53.9 Å². The van der Waals surface area contributed by atoms with E-state index in [-0.39, 0.29) is 36.2 Å². The first-order valence-corrected chi connectivity index (χ1v) is 18.3. The van der Waals surface area contributed by atoms with Crippen molar-refractivity contribution >= 4 is 52.8 Å². The van der Waals surface area contributed by atoms with Crippen molar-refractivity contribution in [1.82, 2.24) is 25.6 Å². The van der Waals surface area contributed by atoms with Gasteiger partial charge in [-0.05, 0) is 91.6 Å². The zero-order valence-corrected chi connectivity index (χ0v) is 31.0. The fourth-order valence-corrected chi connectivity index (χ4v) is 6.64. The molecule has 0 aliphatic heterocycles. The van der Waals surface area contributed by atoms with Crippen LogP contribution in [0, 0.1) is 0 Å². The number of hydrogen-bond donors (Lipinski definition) is 4. The molecule has 1 fully saturated rings. The lowest BCUT2D eigenvalue weighted by atomic mass is 9.83. The molecule has 2 atom stereocenters. The highest BCUT2D eigenvalue weighted by Gasteiger charge is 2.45. The number of rotatable bonds is 16. The van der Waals surface area contributed by atoms with E-state index in [1.54, 1.807) is 12.1 Å². The summed E-state index contributed by atoms with van der Waals surface area (Å²) in [5, 5.41) is 11.9. The van der Waals surface area contributed by atoms with E-state index in [0.29, 0.717) is 30.1 Å². The number of nitrogens with zero attached hydrogens (tertiary/aromatic N) is 3. The maximum Gasteiger partial charge on any atom is 0.422 e. The molecule has 1 unspecified atom stereocenters. The molecule has 3 aromatic carbocycles. The number of anilines is 3. The Hall–Kier alpha value is -5.77. The molecule has 13 nitrogen and oxygen atoms in total. The molecule has 6 rings (SSSR count). The number of nitrogens with one attached hydrogen (secondary N) is 4. The minimum Gasteiger partial charge on any atom is -0.467 e. The molecule has 294 valence electrons. The molecule has 56 heavy (non-hydrogen) atoms. The molecule has 1 heterocycles. The van der Waals surface area contributed by atoms with Gasteiger partial charge in [-0.15, -0.1) is 0 Å². The van der Waals surface area contributed by atoms with Crippen molar-refractivity contribution in [2.45, 2.75) is 68.6 Å². The molecule has 4 aromatic rings. The molecule has 0 radical (unpaired) electrons. The van der Waals surface area contributed by atoms with Crippen LogP contribution in [0.5, 0.6) is 6.01 Å². The van der Waals surface area contributed by atoms with Crippen molar-refractivity contribution in [3.8, 4) is 6.01 Å². The maximum atomic E-state index is 13.2. The third-order valence-electron chi connectivity index (χ3n) is 9.59. The van der Waals surface area contributed by atoms with Crippen LogP contribution in [0.3, 0.4) is 0 Å². The largest absolute Gasteiger partial charge is 0.467 e. The second kappa shape index (κ2) is 17.4. The Balaban J connectivity index is 1.06. The minimum atomic E-state index is -4.63. The number of alkyl halides is 3. The molecular formula is C39H39ClF3N7O6. The van der Waals surface area contributed by atoms with Crippen molar-refractivity contribution in [1.29, 1.82) is 0 Å². The summed E-state index contributed by atoms with van der Waals surface area (Å²) in [6.45, 7) is -1.31. The minimum absolute atomic E-state index is 0.0251. The smallest absolute Gasteiger partial charge is 0.422 e. The number of hydrogen-bond acceptors (Lipinski definition) is 11. The number of carbonyl (C=O) groups excluding carboxylic acids is 4. The Morgan fingerprint density at radius 1 is 0.946 bits per heavy atom. The SMILES string of the molecule is COC(=O)[C@H](CCC(=O)C(=O)NCC1CCCc2ccccc21)NC(=O)c1ccc(Nc2nc(NC3(c4ccc(Cl)cc4)CC3)nc(OCC(F)(F)F)n2)cc1. The highest BCUT2D eigenvalue weighted by atomic mass is 35.5. The monoisotopic (exact) mass is 793 g/mol. The topological polar surface area (TPSA) is 174 Å². The van der Waals surface area contributed by atoms with Crippen LogP contribution in [0.4, 0.5) is 30.8 Å². The Morgan fingerprint density at radius 3 is 2.36 bits per heavy atom. The Labute approximate surface area is 325 Å². The Bertz CT molecular complexity index is 2060. The molecule has 0 spiro atoms. The second-order valence-electron chi connectivity index (χ2n) is 13.6. The standard InChI is InChI=1S/C39H39ClF3N7O6/c1-55-34(54)30(17-18-31(51)33(53)44-21-25-7-4-6-23-5-2-3-8-29(23)25)46-32(52)24-9-15-28(16-10-24)45-35-47-36(49-37(48-35)56-22-39(41,42)43)50-38(19-20-38)26-11-13-27(40)14-12-26/h2-3,5,8-16,25,30H,4,6-7,17-22H2,1H3,(H,44,53)(H,46,52)(H2,45,47,48,49,50)/t25?,30-/m0/s1. The molecule has 1 saturated carbocycles. The molecule has 2 aliphatic carbocycles. The zero-order valence-electron chi connectivity index (χ0n) is 30.2. The predicted molar refractivity (Wildman–Crippen MR) is 200 cm³/mol. The van der Waals surface area contributed by atoms with Gasteiger partial charge >= 0.3 is 18.2 Å². The van der Waals surface area contributed by atoms with Gasteiger partial charge in [0.2, 0.25) is 17.7 Å². The number of halogens is 4. The summed E-state index contributed by atoms with van der Waals surface area (Å²) in [6, 6.07) is 19.2. The summed E-state index contributed by atoms with van der Waals surface area (Å²) in [4.78, 5) is 63.5. The van der Waals surface area contributed by atoms with Gasteiger partial charge in [0.1, 0.15) is 6.04 Å². The molecule has 0 saturated heterocycles. The van der Waals surface area contributed by atoms with Crippen LogP contribution in [-0.2, 0) is 31.1 Å². The number of fused-ring (bicyclic) bond motifs is 1. The fraction of sp³-hybridized carbons (Fsp3) is 0.359. The lowest BCUT2D eigenvalue weighted by molar-refractivity contribution is -0.154. The van der Waals surface area contributed by atoms with Gasteiger partial charge in [0.15, 0.2) is 6.61 Å². The number of ether oxygens (including phenoxy) is 2. The second-order valence-corrected chi connectivity index (χ2v) is 14.0. The number of ketones is 1. The molecular weight excluding hydrogens is 755 g/mol. The predicted octanol–water partition coefficient (Wildman–Crippen LogP) is 6.17. The van der Waals surface area contributed by atoms with E-state index in [9.17, 15) is 32.3 Å². The highest BCUT2D eigenvalue weighted by molar-refractivity contribution is 6.36. The van der Waals surface area contributed by atoms with Gasteiger partial charge in [-0.25, -0.2) is 4.79 Å². The number of amides is 2. The highest BCUT2D eigenvalue weighted by Crippen LogP contribution is 2.48. The van der Waals surface area contributed by atoms with Gasteiger partial charge in [-0.3, -0.25) is 14.4 Å². The van der Waals surface area contributed by atoms with Crippen LogP contribution in [0.15, 0.2) is 72.8 Å². The van der Waals surface area contributed by atoms with Gasteiger partial charge < -0.3 is 30.7 Å². The first-order valence-electron chi connectivity index (χ1n) is 18.0. The van der Waals surface area contributed by atoms with E-state index in [4.69, 9.17) is 21.1 Å². The van der Waals surface area contributed by atoms with Gasteiger partial charge in [0, 0.05) is 35.2 Å². The van der Waals surface area contributed by atoms with E-state index >= 15 is 0 Å².